The van der Waals surface area contributed by atoms with E-state index in [4.69, 9.17) is 4.42 Å². The van der Waals surface area contributed by atoms with Crippen LogP contribution in [0.4, 0.5) is 5.69 Å². The fraction of sp³-hybridized carbons (Fsp3) is 0.0833. The van der Waals surface area contributed by atoms with Crippen LogP contribution in [-0.4, -0.2) is 5.91 Å². The van der Waals surface area contributed by atoms with Crippen molar-refractivity contribution in [1.82, 2.24) is 0 Å². The van der Waals surface area contributed by atoms with Gasteiger partial charge in [0.05, 0.1) is 11.3 Å². The highest BCUT2D eigenvalue weighted by molar-refractivity contribution is 9.10. The summed E-state index contributed by atoms with van der Waals surface area (Å²) in [7, 11) is 0. The summed E-state index contributed by atoms with van der Waals surface area (Å²) in [5.74, 6) is 0.543. The van der Waals surface area contributed by atoms with E-state index in [1.807, 2.05) is 24.3 Å². The molecule has 0 aliphatic rings. The van der Waals surface area contributed by atoms with Gasteiger partial charge in [0, 0.05) is 4.47 Å². The SMILES string of the molecule is Cc1cc(C(=O)Nc2ccccc2Br)co1. The second-order valence-corrected chi connectivity index (χ2v) is 4.23. The van der Waals surface area contributed by atoms with Crippen LogP contribution in [0.2, 0.25) is 0 Å². The van der Waals surface area contributed by atoms with Crippen molar-refractivity contribution in [2.75, 3.05) is 5.32 Å². The number of rotatable bonds is 2. The zero-order valence-electron chi connectivity index (χ0n) is 8.66. The molecule has 1 aromatic heterocycles. The summed E-state index contributed by atoms with van der Waals surface area (Å²) in [6.45, 7) is 1.80. The van der Waals surface area contributed by atoms with Crippen molar-refractivity contribution in [2.45, 2.75) is 6.92 Å². The van der Waals surface area contributed by atoms with Gasteiger partial charge in [-0.05, 0) is 41.1 Å². The molecule has 0 bridgehead atoms. The van der Waals surface area contributed by atoms with Gasteiger partial charge in [0.15, 0.2) is 0 Å². The Morgan fingerprint density at radius 1 is 1.38 bits per heavy atom. The number of aryl methyl sites for hydroxylation is 1. The molecule has 0 spiro atoms. The molecule has 2 rings (SSSR count). The van der Waals surface area contributed by atoms with E-state index in [2.05, 4.69) is 21.2 Å². The third-order valence-corrected chi connectivity index (χ3v) is 2.81. The van der Waals surface area contributed by atoms with Gasteiger partial charge in [-0.3, -0.25) is 4.79 Å². The fourth-order valence-electron chi connectivity index (χ4n) is 1.32. The molecule has 1 amide bonds. The largest absolute Gasteiger partial charge is 0.469 e. The minimum absolute atomic E-state index is 0.177. The zero-order valence-corrected chi connectivity index (χ0v) is 10.2. The van der Waals surface area contributed by atoms with E-state index in [0.29, 0.717) is 5.56 Å². The van der Waals surface area contributed by atoms with E-state index in [1.54, 1.807) is 13.0 Å². The minimum atomic E-state index is -0.177. The van der Waals surface area contributed by atoms with E-state index < -0.39 is 0 Å². The van der Waals surface area contributed by atoms with Crippen LogP contribution in [0.15, 0.2) is 45.5 Å². The number of para-hydroxylation sites is 1. The molecule has 0 aliphatic heterocycles. The Bertz CT molecular complexity index is 519. The van der Waals surface area contributed by atoms with Crippen LogP contribution < -0.4 is 5.32 Å². The lowest BCUT2D eigenvalue weighted by atomic mass is 10.2. The van der Waals surface area contributed by atoms with Gasteiger partial charge >= 0.3 is 0 Å². The Kier molecular flexibility index (Phi) is 3.10. The molecule has 0 fully saturated rings. The van der Waals surface area contributed by atoms with E-state index in [1.165, 1.54) is 6.26 Å². The Hall–Kier alpha value is -1.55. The molecule has 82 valence electrons. The van der Waals surface area contributed by atoms with Crippen LogP contribution in [0.1, 0.15) is 16.1 Å². The third-order valence-electron chi connectivity index (χ3n) is 2.11. The Morgan fingerprint density at radius 3 is 2.75 bits per heavy atom. The average molecular weight is 280 g/mol. The summed E-state index contributed by atoms with van der Waals surface area (Å²) in [5.41, 5.74) is 1.26. The molecule has 1 heterocycles. The molecule has 0 saturated carbocycles. The number of furan rings is 1. The number of amides is 1. The van der Waals surface area contributed by atoms with Gasteiger partial charge in [0.25, 0.3) is 5.91 Å². The lowest BCUT2D eigenvalue weighted by Gasteiger charge is -2.04. The highest BCUT2D eigenvalue weighted by atomic mass is 79.9. The maximum absolute atomic E-state index is 11.8. The molecular weight excluding hydrogens is 270 g/mol. The normalized spacial score (nSPS) is 10.1. The predicted octanol–water partition coefficient (Wildman–Crippen LogP) is 3.60. The first-order valence-corrected chi connectivity index (χ1v) is 5.57. The number of anilines is 1. The van der Waals surface area contributed by atoms with Gasteiger partial charge < -0.3 is 9.73 Å². The molecule has 16 heavy (non-hydrogen) atoms. The number of nitrogens with one attached hydrogen (secondary N) is 1. The molecule has 2 aromatic rings. The lowest BCUT2D eigenvalue weighted by Crippen LogP contribution is -2.11. The summed E-state index contributed by atoms with van der Waals surface area (Å²) in [6.07, 6.45) is 1.45. The number of hydrogen-bond acceptors (Lipinski definition) is 2. The third kappa shape index (κ3) is 2.33. The van der Waals surface area contributed by atoms with Crippen molar-refractivity contribution in [3.63, 3.8) is 0 Å². The summed E-state index contributed by atoms with van der Waals surface area (Å²) >= 11 is 3.36. The van der Waals surface area contributed by atoms with Crippen molar-refractivity contribution in [2.24, 2.45) is 0 Å². The van der Waals surface area contributed by atoms with Crippen molar-refractivity contribution in [3.05, 3.63) is 52.4 Å². The zero-order chi connectivity index (χ0) is 11.5. The van der Waals surface area contributed by atoms with Gasteiger partial charge in [-0.25, -0.2) is 0 Å². The standard InChI is InChI=1S/C12H10BrNO2/c1-8-6-9(7-16-8)12(15)14-11-5-3-2-4-10(11)13/h2-7H,1H3,(H,14,15). The van der Waals surface area contributed by atoms with Crippen LogP contribution in [0.25, 0.3) is 0 Å². The molecule has 0 saturated heterocycles. The van der Waals surface area contributed by atoms with E-state index >= 15 is 0 Å². The first kappa shape index (κ1) is 11.0. The number of hydrogen-bond donors (Lipinski definition) is 1. The Balaban J connectivity index is 2.17. The van der Waals surface area contributed by atoms with Gasteiger partial charge in [0.1, 0.15) is 12.0 Å². The molecule has 0 aliphatic carbocycles. The highest BCUT2D eigenvalue weighted by Gasteiger charge is 2.09. The first-order valence-electron chi connectivity index (χ1n) is 4.78. The van der Waals surface area contributed by atoms with Crippen molar-refractivity contribution >= 4 is 27.5 Å². The lowest BCUT2D eigenvalue weighted by molar-refractivity contribution is 0.102. The second-order valence-electron chi connectivity index (χ2n) is 3.38. The molecular formula is C12H10BrNO2. The predicted molar refractivity (Wildman–Crippen MR) is 65.5 cm³/mol. The van der Waals surface area contributed by atoms with Crippen LogP contribution in [0.3, 0.4) is 0 Å². The average Bonchev–Trinajstić information content (AvgIpc) is 2.68. The van der Waals surface area contributed by atoms with Gasteiger partial charge in [0.2, 0.25) is 0 Å². The summed E-state index contributed by atoms with van der Waals surface area (Å²) in [5, 5.41) is 2.79. The first-order chi connectivity index (χ1) is 7.66. The molecule has 0 unspecified atom stereocenters. The van der Waals surface area contributed by atoms with Gasteiger partial charge in [-0.1, -0.05) is 12.1 Å². The van der Waals surface area contributed by atoms with E-state index in [0.717, 1.165) is 15.9 Å². The van der Waals surface area contributed by atoms with Crippen LogP contribution >= 0.6 is 15.9 Å². The highest BCUT2D eigenvalue weighted by Crippen LogP contribution is 2.22. The number of benzene rings is 1. The molecule has 4 heteroatoms. The smallest absolute Gasteiger partial charge is 0.258 e. The van der Waals surface area contributed by atoms with Crippen molar-refractivity contribution < 1.29 is 9.21 Å². The van der Waals surface area contributed by atoms with Crippen LogP contribution in [-0.2, 0) is 0 Å². The summed E-state index contributed by atoms with van der Waals surface area (Å²) < 4.78 is 5.93. The Morgan fingerprint density at radius 2 is 2.12 bits per heavy atom. The van der Waals surface area contributed by atoms with Crippen LogP contribution in [0, 0.1) is 6.92 Å². The monoisotopic (exact) mass is 279 g/mol. The topological polar surface area (TPSA) is 42.2 Å². The maximum atomic E-state index is 11.8. The summed E-state index contributed by atoms with van der Waals surface area (Å²) in [4.78, 5) is 11.8. The van der Waals surface area contributed by atoms with Crippen molar-refractivity contribution in [3.8, 4) is 0 Å². The number of carbonyl (C=O) groups is 1. The number of halogens is 1. The van der Waals surface area contributed by atoms with Crippen molar-refractivity contribution in [1.29, 1.82) is 0 Å². The van der Waals surface area contributed by atoms with Gasteiger partial charge in [-0.15, -0.1) is 0 Å². The molecule has 3 nitrogen and oxygen atoms in total. The second kappa shape index (κ2) is 4.53. The molecule has 0 atom stereocenters. The fourth-order valence-corrected chi connectivity index (χ4v) is 1.70. The Labute approximate surface area is 102 Å². The summed E-state index contributed by atoms with van der Waals surface area (Å²) in [6, 6.07) is 9.15. The molecule has 1 N–H and O–H groups in total. The maximum Gasteiger partial charge on any atom is 0.258 e. The van der Waals surface area contributed by atoms with E-state index in [9.17, 15) is 4.79 Å². The quantitative estimate of drug-likeness (QED) is 0.913. The number of carbonyl (C=O) groups excluding carboxylic acids is 1. The minimum Gasteiger partial charge on any atom is -0.469 e. The molecule has 0 radical (unpaired) electrons. The van der Waals surface area contributed by atoms with E-state index in [-0.39, 0.29) is 5.91 Å². The van der Waals surface area contributed by atoms with Gasteiger partial charge in [-0.2, -0.15) is 0 Å². The van der Waals surface area contributed by atoms with Crippen LogP contribution in [0.5, 0.6) is 0 Å². The molecule has 1 aromatic carbocycles.